The minimum atomic E-state index is 0.536. The second-order valence-electron chi connectivity index (χ2n) is 6.44. The van der Waals surface area contributed by atoms with Crippen LogP contribution in [0.4, 0.5) is 0 Å². The van der Waals surface area contributed by atoms with Crippen LogP contribution in [0.3, 0.4) is 0 Å². The summed E-state index contributed by atoms with van der Waals surface area (Å²) in [5, 5.41) is 14.2. The molecule has 0 bridgehead atoms. The van der Waals surface area contributed by atoms with Crippen LogP contribution in [0.15, 0.2) is 40.6 Å². The Morgan fingerprint density at radius 1 is 0.742 bits per heavy atom. The number of fused-ring (bicyclic) bond motifs is 1. The van der Waals surface area contributed by atoms with E-state index in [0.29, 0.717) is 45.5 Å². The van der Waals surface area contributed by atoms with Gasteiger partial charge in [0.15, 0.2) is 28.8 Å². The first-order chi connectivity index (χ1) is 15.1. The molecule has 0 N–H and O–H groups in total. The molecule has 0 amide bonds. The van der Waals surface area contributed by atoms with E-state index in [-0.39, 0.29) is 0 Å². The Balaban J connectivity index is 1.79. The standard InChI is InChI=1S/C21H22N4O5S/c1-26-15-7-6-12(8-16(15)27-2)20-22-23-21-25(20)24-14(11-31-21)13-9-17(28-3)19(30-5)18(10-13)29-4/h6-10H,11H2,1-5H3. The maximum absolute atomic E-state index is 5.48. The van der Waals surface area contributed by atoms with Crippen molar-refractivity contribution in [1.82, 2.24) is 14.9 Å². The van der Waals surface area contributed by atoms with Crippen molar-refractivity contribution >= 4 is 17.5 Å². The minimum absolute atomic E-state index is 0.536. The fourth-order valence-corrected chi connectivity index (χ4v) is 4.11. The van der Waals surface area contributed by atoms with Crippen LogP contribution in [0.5, 0.6) is 28.7 Å². The van der Waals surface area contributed by atoms with Gasteiger partial charge in [-0.05, 0) is 30.3 Å². The molecule has 3 aromatic rings. The van der Waals surface area contributed by atoms with Gasteiger partial charge >= 0.3 is 0 Å². The minimum Gasteiger partial charge on any atom is -0.493 e. The van der Waals surface area contributed by atoms with Gasteiger partial charge in [0.1, 0.15) is 0 Å². The first-order valence-corrected chi connectivity index (χ1v) is 10.3. The van der Waals surface area contributed by atoms with Gasteiger partial charge in [0.25, 0.3) is 0 Å². The molecule has 162 valence electrons. The normalized spacial score (nSPS) is 12.6. The zero-order valence-electron chi connectivity index (χ0n) is 17.8. The third kappa shape index (κ3) is 3.74. The Kier molecular flexibility index (Phi) is 5.90. The van der Waals surface area contributed by atoms with Crippen molar-refractivity contribution in [1.29, 1.82) is 0 Å². The monoisotopic (exact) mass is 442 g/mol. The Bertz CT molecular complexity index is 1120. The van der Waals surface area contributed by atoms with E-state index in [0.717, 1.165) is 16.8 Å². The van der Waals surface area contributed by atoms with E-state index in [2.05, 4.69) is 10.2 Å². The Morgan fingerprint density at radius 2 is 1.39 bits per heavy atom. The van der Waals surface area contributed by atoms with Gasteiger partial charge in [0.05, 0.1) is 41.3 Å². The van der Waals surface area contributed by atoms with Gasteiger partial charge in [-0.15, -0.1) is 10.2 Å². The van der Waals surface area contributed by atoms with Crippen LogP contribution in [-0.2, 0) is 0 Å². The fourth-order valence-electron chi connectivity index (χ4n) is 3.27. The highest BCUT2D eigenvalue weighted by Crippen LogP contribution is 2.40. The molecule has 10 heteroatoms. The molecule has 2 heterocycles. The highest BCUT2D eigenvalue weighted by Gasteiger charge is 2.23. The first kappa shape index (κ1) is 20.9. The van der Waals surface area contributed by atoms with Gasteiger partial charge in [0, 0.05) is 16.9 Å². The molecule has 0 unspecified atom stereocenters. The molecule has 0 atom stereocenters. The molecule has 0 radical (unpaired) electrons. The SMILES string of the molecule is COc1ccc(-c2nnc3n2N=C(c2cc(OC)c(OC)c(OC)c2)CS3)cc1OC. The molecule has 0 aliphatic carbocycles. The average molecular weight is 442 g/mol. The lowest BCUT2D eigenvalue weighted by Crippen LogP contribution is -2.14. The van der Waals surface area contributed by atoms with Crippen LogP contribution >= 0.6 is 11.8 Å². The molecule has 1 aliphatic heterocycles. The van der Waals surface area contributed by atoms with Crippen molar-refractivity contribution in [3.63, 3.8) is 0 Å². The maximum Gasteiger partial charge on any atom is 0.212 e. The zero-order chi connectivity index (χ0) is 22.0. The van der Waals surface area contributed by atoms with Crippen molar-refractivity contribution in [2.75, 3.05) is 41.3 Å². The molecule has 1 aliphatic rings. The van der Waals surface area contributed by atoms with Crippen LogP contribution in [0.25, 0.3) is 11.4 Å². The van der Waals surface area contributed by atoms with Gasteiger partial charge in [-0.1, -0.05) is 11.8 Å². The summed E-state index contributed by atoms with van der Waals surface area (Å²) >= 11 is 1.55. The van der Waals surface area contributed by atoms with E-state index in [1.807, 2.05) is 30.3 Å². The highest BCUT2D eigenvalue weighted by atomic mass is 32.2. The van der Waals surface area contributed by atoms with Crippen LogP contribution in [0.2, 0.25) is 0 Å². The van der Waals surface area contributed by atoms with Crippen molar-refractivity contribution in [2.45, 2.75) is 5.16 Å². The average Bonchev–Trinajstić information content (AvgIpc) is 3.25. The molecular formula is C21H22N4O5S. The lowest BCUT2D eigenvalue weighted by Gasteiger charge is -2.17. The molecule has 4 rings (SSSR count). The summed E-state index contributed by atoms with van der Waals surface area (Å²) in [6.07, 6.45) is 0. The summed E-state index contributed by atoms with van der Waals surface area (Å²) in [5.74, 6) is 4.15. The lowest BCUT2D eigenvalue weighted by molar-refractivity contribution is 0.324. The van der Waals surface area contributed by atoms with E-state index in [1.54, 1.807) is 52.0 Å². The molecule has 0 saturated carbocycles. The third-order valence-electron chi connectivity index (χ3n) is 4.81. The van der Waals surface area contributed by atoms with E-state index in [1.165, 1.54) is 0 Å². The van der Waals surface area contributed by atoms with Gasteiger partial charge in [-0.2, -0.15) is 9.78 Å². The van der Waals surface area contributed by atoms with Crippen LogP contribution in [-0.4, -0.2) is 61.9 Å². The lowest BCUT2D eigenvalue weighted by atomic mass is 10.1. The number of nitrogens with zero attached hydrogens (tertiary/aromatic N) is 4. The van der Waals surface area contributed by atoms with E-state index >= 15 is 0 Å². The van der Waals surface area contributed by atoms with E-state index in [4.69, 9.17) is 28.8 Å². The molecule has 0 saturated heterocycles. The van der Waals surface area contributed by atoms with Gasteiger partial charge in [-0.25, -0.2) is 0 Å². The summed E-state index contributed by atoms with van der Waals surface area (Å²) in [6.45, 7) is 0. The number of hydrogen-bond donors (Lipinski definition) is 0. The van der Waals surface area contributed by atoms with Crippen molar-refractivity contribution < 1.29 is 23.7 Å². The maximum atomic E-state index is 5.48. The summed E-state index contributed by atoms with van der Waals surface area (Å²) in [6, 6.07) is 9.34. The van der Waals surface area contributed by atoms with Crippen molar-refractivity contribution in [2.24, 2.45) is 5.10 Å². The molecule has 1 aromatic heterocycles. The Hall–Kier alpha value is -3.40. The molecular weight excluding hydrogens is 420 g/mol. The number of ether oxygens (including phenoxy) is 5. The largest absolute Gasteiger partial charge is 0.493 e. The second kappa shape index (κ2) is 8.76. The smallest absolute Gasteiger partial charge is 0.212 e. The van der Waals surface area contributed by atoms with Crippen molar-refractivity contribution in [3.8, 4) is 40.1 Å². The highest BCUT2D eigenvalue weighted by molar-refractivity contribution is 7.99. The number of rotatable bonds is 7. The van der Waals surface area contributed by atoms with Crippen LogP contribution in [0.1, 0.15) is 5.56 Å². The van der Waals surface area contributed by atoms with Crippen LogP contribution < -0.4 is 23.7 Å². The molecule has 0 spiro atoms. The summed E-state index contributed by atoms with van der Waals surface area (Å²) in [7, 11) is 7.95. The number of methoxy groups -OCH3 is 5. The Labute approximate surface area is 183 Å². The Morgan fingerprint density at radius 3 is 2.00 bits per heavy atom. The molecule has 31 heavy (non-hydrogen) atoms. The van der Waals surface area contributed by atoms with Gasteiger partial charge in [0.2, 0.25) is 10.9 Å². The molecule has 0 fully saturated rings. The molecule has 2 aromatic carbocycles. The predicted molar refractivity (Wildman–Crippen MR) is 117 cm³/mol. The van der Waals surface area contributed by atoms with E-state index in [9.17, 15) is 0 Å². The zero-order valence-corrected chi connectivity index (χ0v) is 18.6. The topological polar surface area (TPSA) is 89.2 Å². The second-order valence-corrected chi connectivity index (χ2v) is 7.38. The van der Waals surface area contributed by atoms with Crippen molar-refractivity contribution in [3.05, 3.63) is 35.9 Å². The van der Waals surface area contributed by atoms with Crippen LogP contribution in [0, 0.1) is 0 Å². The third-order valence-corrected chi connectivity index (χ3v) is 5.74. The van der Waals surface area contributed by atoms with E-state index < -0.39 is 0 Å². The number of benzene rings is 2. The summed E-state index contributed by atoms with van der Waals surface area (Å²) < 4.78 is 28.9. The number of thioether (sulfide) groups is 1. The summed E-state index contributed by atoms with van der Waals surface area (Å²) in [4.78, 5) is 0. The fraction of sp³-hybridized carbons (Fsp3) is 0.286. The van der Waals surface area contributed by atoms with Gasteiger partial charge < -0.3 is 23.7 Å². The summed E-state index contributed by atoms with van der Waals surface area (Å²) in [5.41, 5.74) is 2.50. The predicted octanol–water partition coefficient (Wildman–Crippen LogP) is 3.35. The van der Waals surface area contributed by atoms with Gasteiger partial charge in [-0.3, -0.25) is 0 Å². The number of hydrogen-bond acceptors (Lipinski definition) is 9. The first-order valence-electron chi connectivity index (χ1n) is 9.32. The quantitative estimate of drug-likeness (QED) is 0.550. The number of aromatic nitrogens is 3. The molecule has 9 nitrogen and oxygen atoms in total.